The Morgan fingerprint density at radius 1 is 0.706 bits per heavy atom. The molecule has 0 aromatic heterocycles. The van der Waals surface area contributed by atoms with Gasteiger partial charge in [-0.3, -0.25) is 0 Å². The first-order valence-electron chi connectivity index (χ1n) is 7.09. The van der Waals surface area contributed by atoms with E-state index in [0.717, 1.165) is 10.5 Å². The smallest absolute Gasteiger partial charge is 0.0135 e. The maximum absolute atomic E-state index is 2.33. The standard InChI is InChI=1S/C14H30S3/c1-5-9-16-13(7-3)11-15-12-14(8-4)17-10-6-2/h13-14H,5-12H2,1-4H3. The van der Waals surface area contributed by atoms with Crippen molar-refractivity contribution in [2.24, 2.45) is 0 Å². The molecule has 2 unspecified atom stereocenters. The van der Waals surface area contributed by atoms with Gasteiger partial charge in [0.2, 0.25) is 0 Å². The van der Waals surface area contributed by atoms with Crippen LogP contribution >= 0.6 is 35.3 Å². The third-order valence-corrected chi connectivity index (χ3v) is 7.56. The second-order valence-electron chi connectivity index (χ2n) is 4.34. The molecule has 0 aliphatic carbocycles. The molecule has 0 bridgehead atoms. The molecular formula is C14H30S3. The van der Waals surface area contributed by atoms with Gasteiger partial charge in [0, 0.05) is 22.0 Å². The van der Waals surface area contributed by atoms with Crippen molar-refractivity contribution >= 4 is 35.3 Å². The van der Waals surface area contributed by atoms with Gasteiger partial charge in [-0.25, -0.2) is 0 Å². The van der Waals surface area contributed by atoms with E-state index in [9.17, 15) is 0 Å². The molecule has 0 heterocycles. The van der Waals surface area contributed by atoms with E-state index in [1.54, 1.807) is 0 Å². The fraction of sp³-hybridized carbons (Fsp3) is 1.00. The molecule has 0 aromatic rings. The Balaban J connectivity index is 3.61. The predicted molar refractivity (Wildman–Crippen MR) is 91.0 cm³/mol. The van der Waals surface area contributed by atoms with Gasteiger partial charge < -0.3 is 0 Å². The van der Waals surface area contributed by atoms with E-state index < -0.39 is 0 Å². The Hall–Kier alpha value is 1.05. The molecule has 0 amide bonds. The summed E-state index contributed by atoms with van der Waals surface area (Å²) >= 11 is 6.52. The lowest BCUT2D eigenvalue weighted by Gasteiger charge is -2.17. The van der Waals surface area contributed by atoms with Crippen LogP contribution in [0.2, 0.25) is 0 Å². The van der Waals surface area contributed by atoms with Crippen molar-refractivity contribution < 1.29 is 0 Å². The molecule has 17 heavy (non-hydrogen) atoms. The number of thioether (sulfide) groups is 3. The van der Waals surface area contributed by atoms with Crippen LogP contribution in [-0.4, -0.2) is 33.5 Å². The Kier molecular flexibility index (Phi) is 14.3. The fourth-order valence-corrected chi connectivity index (χ4v) is 5.56. The molecule has 0 saturated carbocycles. The lowest BCUT2D eigenvalue weighted by Crippen LogP contribution is -2.10. The summed E-state index contributed by atoms with van der Waals surface area (Å²) in [6.07, 6.45) is 5.29. The molecule has 0 saturated heterocycles. The van der Waals surface area contributed by atoms with Gasteiger partial charge in [-0.2, -0.15) is 35.3 Å². The van der Waals surface area contributed by atoms with Gasteiger partial charge in [0.25, 0.3) is 0 Å². The lowest BCUT2D eigenvalue weighted by molar-refractivity contribution is 0.896. The van der Waals surface area contributed by atoms with Crippen LogP contribution < -0.4 is 0 Å². The van der Waals surface area contributed by atoms with Crippen LogP contribution in [0.5, 0.6) is 0 Å². The highest BCUT2D eigenvalue weighted by Crippen LogP contribution is 2.24. The van der Waals surface area contributed by atoms with Crippen molar-refractivity contribution in [3.05, 3.63) is 0 Å². The van der Waals surface area contributed by atoms with Crippen LogP contribution in [0.3, 0.4) is 0 Å². The minimum atomic E-state index is 0.883. The van der Waals surface area contributed by atoms with Gasteiger partial charge in [-0.1, -0.05) is 27.7 Å². The van der Waals surface area contributed by atoms with Gasteiger partial charge in [0.05, 0.1) is 0 Å². The SMILES string of the molecule is CCCSC(CC)CSCC(CC)SCCC. The molecule has 0 aliphatic rings. The molecule has 0 nitrogen and oxygen atoms in total. The van der Waals surface area contributed by atoms with Crippen LogP contribution in [-0.2, 0) is 0 Å². The maximum atomic E-state index is 2.33. The molecule has 0 radical (unpaired) electrons. The van der Waals surface area contributed by atoms with Crippen molar-refractivity contribution in [2.45, 2.75) is 63.9 Å². The van der Waals surface area contributed by atoms with E-state index >= 15 is 0 Å². The molecule has 0 spiro atoms. The van der Waals surface area contributed by atoms with E-state index in [0.29, 0.717) is 0 Å². The molecule has 2 atom stereocenters. The van der Waals surface area contributed by atoms with Crippen LogP contribution in [0.4, 0.5) is 0 Å². The number of hydrogen-bond acceptors (Lipinski definition) is 3. The molecule has 104 valence electrons. The Labute approximate surface area is 122 Å². The Morgan fingerprint density at radius 3 is 1.41 bits per heavy atom. The summed E-state index contributed by atoms with van der Waals surface area (Å²) in [6.45, 7) is 9.22. The van der Waals surface area contributed by atoms with Crippen LogP contribution in [0.1, 0.15) is 53.4 Å². The van der Waals surface area contributed by atoms with Gasteiger partial charge in [0.1, 0.15) is 0 Å². The highest BCUT2D eigenvalue weighted by molar-refractivity contribution is 8.05. The number of rotatable bonds is 12. The average Bonchev–Trinajstić information content (AvgIpc) is 2.37. The summed E-state index contributed by atoms with van der Waals surface area (Å²) in [7, 11) is 0. The van der Waals surface area contributed by atoms with Gasteiger partial charge in [0.15, 0.2) is 0 Å². The number of hydrogen-bond donors (Lipinski definition) is 0. The summed E-state index contributed by atoms with van der Waals surface area (Å²) in [5, 5.41) is 1.77. The predicted octanol–water partition coefficient (Wildman–Crippen LogP) is 5.56. The molecule has 0 rings (SSSR count). The van der Waals surface area contributed by atoms with E-state index in [4.69, 9.17) is 0 Å². The first kappa shape index (κ1) is 18.0. The molecule has 0 fully saturated rings. The highest BCUT2D eigenvalue weighted by atomic mass is 32.2. The summed E-state index contributed by atoms with van der Waals surface area (Å²) in [5.74, 6) is 5.37. The topological polar surface area (TPSA) is 0 Å². The summed E-state index contributed by atoms with van der Waals surface area (Å²) in [5.41, 5.74) is 0. The van der Waals surface area contributed by atoms with Crippen molar-refractivity contribution in [3.8, 4) is 0 Å². The Morgan fingerprint density at radius 2 is 1.12 bits per heavy atom. The van der Waals surface area contributed by atoms with Crippen molar-refractivity contribution in [1.29, 1.82) is 0 Å². The van der Waals surface area contributed by atoms with Crippen molar-refractivity contribution in [2.75, 3.05) is 23.0 Å². The van der Waals surface area contributed by atoms with E-state index in [1.807, 2.05) is 0 Å². The minimum absolute atomic E-state index is 0.883. The van der Waals surface area contributed by atoms with Crippen LogP contribution in [0.15, 0.2) is 0 Å². The highest BCUT2D eigenvalue weighted by Gasteiger charge is 2.10. The van der Waals surface area contributed by atoms with E-state index in [-0.39, 0.29) is 0 Å². The zero-order chi connectivity index (χ0) is 12.9. The Bertz CT molecular complexity index is 134. The monoisotopic (exact) mass is 294 g/mol. The van der Waals surface area contributed by atoms with Gasteiger partial charge in [-0.05, 0) is 37.2 Å². The minimum Gasteiger partial charge on any atom is -0.160 e. The summed E-state index contributed by atoms with van der Waals surface area (Å²) in [4.78, 5) is 0. The molecule has 0 aliphatic heterocycles. The summed E-state index contributed by atoms with van der Waals surface area (Å²) in [6, 6.07) is 0. The van der Waals surface area contributed by atoms with Crippen molar-refractivity contribution in [1.82, 2.24) is 0 Å². The molecular weight excluding hydrogens is 264 g/mol. The van der Waals surface area contributed by atoms with Gasteiger partial charge in [-0.15, -0.1) is 0 Å². The van der Waals surface area contributed by atoms with E-state index in [1.165, 1.54) is 48.7 Å². The second kappa shape index (κ2) is 13.5. The van der Waals surface area contributed by atoms with Crippen LogP contribution in [0, 0.1) is 0 Å². The third-order valence-electron chi connectivity index (χ3n) is 2.63. The molecule has 3 heteroatoms. The maximum Gasteiger partial charge on any atom is 0.0135 e. The van der Waals surface area contributed by atoms with E-state index in [2.05, 4.69) is 63.0 Å². The molecule has 0 N–H and O–H groups in total. The largest absolute Gasteiger partial charge is 0.160 e. The third kappa shape index (κ3) is 10.6. The fourth-order valence-electron chi connectivity index (χ4n) is 1.47. The quantitative estimate of drug-likeness (QED) is 0.462. The van der Waals surface area contributed by atoms with Crippen LogP contribution in [0.25, 0.3) is 0 Å². The zero-order valence-electron chi connectivity index (χ0n) is 12.0. The first-order valence-corrected chi connectivity index (χ1v) is 10.3. The zero-order valence-corrected chi connectivity index (χ0v) is 14.5. The summed E-state index contributed by atoms with van der Waals surface area (Å²) < 4.78 is 0. The van der Waals surface area contributed by atoms with Crippen molar-refractivity contribution in [3.63, 3.8) is 0 Å². The first-order chi connectivity index (χ1) is 8.28. The van der Waals surface area contributed by atoms with Gasteiger partial charge >= 0.3 is 0 Å². The normalized spacial score (nSPS) is 14.8. The second-order valence-corrected chi connectivity index (χ2v) is 8.23. The molecule has 0 aromatic carbocycles. The average molecular weight is 295 g/mol. The lowest BCUT2D eigenvalue weighted by atomic mass is 10.4.